The fraction of sp³-hybridized carbons (Fsp3) is 0.667. The summed E-state index contributed by atoms with van der Waals surface area (Å²) >= 11 is 0. The van der Waals surface area contributed by atoms with Gasteiger partial charge in [-0.2, -0.15) is 0 Å². The first-order valence-electron chi connectivity index (χ1n) is 15.9. The summed E-state index contributed by atoms with van der Waals surface area (Å²) in [6, 6.07) is 20.0. The average molecular weight is 517 g/mol. The average Bonchev–Trinajstić information content (AvgIpc) is 2.89. The molecule has 210 valence electrons. The lowest BCUT2D eigenvalue weighted by atomic mass is 9.62. The predicted molar refractivity (Wildman–Crippen MR) is 167 cm³/mol. The van der Waals surface area contributed by atoms with Crippen molar-refractivity contribution in [3.63, 3.8) is 0 Å². The Morgan fingerprint density at radius 1 is 0.632 bits per heavy atom. The van der Waals surface area contributed by atoms with E-state index in [1.165, 1.54) is 56.3 Å². The van der Waals surface area contributed by atoms with Crippen LogP contribution < -0.4 is 10.6 Å². The van der Waals surface area contributed by atoms with E-state index in [2.05, 4.69) is 114 Å². The minimum absolute atomic E-state index is 0.504. The molecule has 2 fully saturated rings. The predicted octanol–water partition coefficient (Wildman–Crippen LogP) is 10.7. The van der Waals surface area contributed by atoms with Crippen molar-refractivity contribution >= 4 is 17.1 Å². The lowest BCUT2D eigenvalue weighted by molar-refractivity contribution is 0.0738. The quantitative estimate of drug-likeness (QED) is 0.328. The molecule has 8 unspecified atom stereocenters. The lowest BCUT2D eigenvalue weighted by Gasteiger charge is -2.46. The largest absolute Gasteiger partial charge is 0.380 e. The van der Waals surface area contributed by atoms with Crippen molar-refractivity contribution in [2.24, 2.45) is 53.3 Å². The lowest BCUT2D eigenvalue weighted by Crippen LogP contribution is -2.42. The maximum absolute atomic E-state index is 4.21. The number of hydrogen-bond acceptors (Lipinski definition) is 2. The number of nitrogens with one attached hydrogen (secondary N) is 2. The van der Waals surface area contributed by atoms with Crippen LogP contribution in [0.2, 0.25) is 0 Å². The molecule has 0 bridgehead atoms. The first-order valence-corrected chi connectivity index (χ1v) is 15.9. The number of anilines is 3. The monoisotopic (exact) mass is 516 g/mol. The summed E-state index contributed by atoms with van der Waals surface area (Å²) in [4.78, 5) is 0. The van der Waals surface area contributed by atoms with E-state index in [4.69, 9.17) is 0 Å². The molecule has 2 aromatic rings. The second-order valence-electron chi connectivity index (χ2n) is 14.0. The molecule has 2 nitrogen and oxygen atoms in total. The van der Waals surface area contributed by atoms with E-state index in [9.17, 15) is 0 Å². The topological polar surface area (TPSA) is 24.1 Å². The maximum Gasteiger partial charge on any atom is 0.0620 e. The minimum atomic E-state index is 0.504. The molecule has 0 radical (unpaired) electrons. The first-order chi connectivity index (χ1) is 18.2. The molecule has 2 aliphatic carbocycles. The second kappa shape index (κ2) is 13.4. The van der Waals surface area contributed by atoms with Gasteiger partial charge in [-0.05, 0) is 110 Å². The highest BCUT2D eigenvalue weighted by Gasteiger charge is 2.40. The molecule has 0 amide bonds. The fourth-order valence-electron chi connectivity index (χ4n) is 8.18. The van der Waals surface area contributed by atoms with Crippen molar-refractivity contribution in [1.29, 1.82) is 0 Å². The Hall–Kier alpha value is -1.96. The van der Waals surface area contributed by atoms with Crippen LogP contribution in [0.4, 0.5) is 17.1 Å². The van der Waals surface area contributed by atoms with E-state index in [1.54, 1.807) is 0 Å². The van der Waals surface area contributed by atoms with Crippen molar-refractivity contribution in [3.8, 4) is 0 Å². The molecule has 2 N–H and O–H groups in total. The molecule has 4 rings (SSSR count). The summed E-state index contributed by atoms with van der Waals surface area (Å²) in [5, 5.41) is 7.91. The number of para-hydroxylation sites is 3. The first kappa shape index (κ1) is 29.0. The zero-order valence-electron chi connectivity index (χ0n) is 25.4. The van der Waals surface area contributed by atoms with Gasteiger partial charge in [-0.3, -0.25) is 0 Å². The van der Waals surface area contributed by atoms with Crippen molar-refractivity contribution in [3.05, 3.63) is 54.6 Å². The second-order valence-corrected chi connectivity index (χ2v) is 14.0. The molecule has 2 aromatic carbocycles. The summed E-state index contributed by atoms with van der Waals surface area (Å²) in [5.41, 5.74) is 3.59. The summed E-state index contributed by atoms with van der Waals surface area (Å²) in [7, 11) is 0. The molecule has 2 saturated carbocycles. The third-order valence-electron chi connectivity index (χ3n) is 10.3. The molecular weight excluding hydrogens is 460 g/mol. The van der Waals surface area contributed by atoms with Gasteiger partial charge >= 0.3 is 0 Å². The van der Waals surface area contributed by atoms with E-state index < -0.39 is 0 Å². The van der Waals surface area contributed by atoms with Gasteiger partial charge in [-0.15, -0.1) is 0 Å². The Labute approximate surface area is 234 Å². The van der Waals surface area contributed by atoms with Crippen LogP contribution in [0.5, 0.6) is 0 Å². The van der Waals surface area contributed by atoms with Crippen LogP contribution in [0.25, 0.3) is 0 Å². The van der Waals surface area contributed by atoms with Crippen molar-refractivity contribution < 1.29 is 0 Å². The van der Waals surface area contributed by atoms with E-state index >= 15 is 0 Å². The van der Waals surface area contributed by atoms with Crippen LogP contribution in [0.15, 0.2) is 54.6 Å². The fourth-order valence-corrected chi connectivity index (χ4v) is 8.18. The van der Waals surface area contributed by atoms with Gasteiger partial charge in [0.15, 0.2) is 0 Å². The summed E-state index contributed by atoms with van der Waals surface area (Å²) in [5.74, 6) is 7.21. The van der Waals surface area contributed by atoms with Crippen LogP contribution in [-0.4, -0.2) is 6.04 Å². The minimum Gasteiger partial charge on any atom is -0.380 e. The van der Waals surface area contributed by atoms with E-state index in [0.29, 0.717) is 6.04 Å². The van der Waals surface area contributed by atoms with Gasteiger partial charge in [0.1, 0.15) is 0 Å². The van der Waals surface area contributed by atoms with E-state index in [0.717, 1.165) is 58.9 Å². The molecule has 0 heterocycles. The molecule has 0 aliphatic heterocycles. The van der Waals surface area contributed by atoms with Gasteiger partial charge in [-0.25, -0.2) is 0 Å². The van der Waals surface area contributed by atoms with Gasteiger partial charge < -0.3 is 10.6 Å². The zero-order valence-corrected chi connectivity index (χ0v) is 25.4. The molecule has 0 aromatic heterocycles. The van der Waals surface area contributed by atoms with Crippen LogP contribution in [0, 0.1) is 53.3 Å². The Morgan fingerprint density at radius 3 is 1.76 bits per heavy atom. The van der Waals surface area contributed by atoms with Gasteiger partial charge in [0.05, 0.1) is 11.4 Å². The van der Waals surface area contributed by atoms with Gasteiger partial charge in [-0.1, -0.05) is 91.6 Å². The van der Waals surface area contributed by atoms with Crippen molar-refractivity contribution in [2.75, 3.05) is 10.6 Å². The third-order valence-corrected chi connectivity index (χ3v) is 10.3. The zero-order chi connectivity index (χ0) is 27.2. The highest BCUT2D eigenvalue weighted by Crippen LogP contribution is 2.46. The Bertz CT molecular complexity index is 966. The Balaban J connectivity index is 1.63. The van der Waals surface area contributed by atoms with Gasteiger partial charge in [0.25, 0.3) is 0 Å². The molecule has 38 heavy (non-hydrogen) atoms. The normalized spacial score (nSPS) is 29.7. The van der Waals surface area contributed by atoms with Crippen molar-refractivity contribution in [2.45, 2.75) is 99.5 Å². The molecular formula is C36H56N2. The molecule has 0 saturated heterocycles. The molecule has 2 aliphatic rings. The summed E-state index contributed by atoms with van der Waals surface area (Å²) in [6.07, 6.45) is 9.67. The third kappa shape index (κ3) is 7.36. The van der Waals surface area contributed by atoms with E-state index in [1.807, 2.05) is 0 Å². The Kier molecular flexibility index (Phi) is 10.2. The standard InChI is InChI=1S/C36H56N2/c1-24(2)30-19-17-26(5)21-32(30)28(7)23-36(33-22-27(6)18-20-31(33)25(3)4)38-35-16-12-11-15-34(35)37-29-13-9-8-10-14-29/h8-16,24-28,30-33,36-38H,17-23H2,1-7H3. The van der Waals surface area contributed by atoms with Gasteiger partial charge in [0, 0.05) is 11.7 Å². The van der Waals surface area contributed by atoms with Gasteiger partial charge in [0.2, 0.25) is 0 Å². The van der Waals surface area contributed by atoms with Crippen LogP contribution in [0.1, 0.15) is 93.4 Å². The molecule has 2 heteroatoms. The number of rotatable bonds is 10. The Morgan fingerprint density at radius 2 is 1.16 bits per heavy atom. The highest BCUT2D eigenvalue weighted by atomic mass is 15.0. The summed E-state index contributed by atoms with van der Waals surface area (Å²) in [6.45, 7) is 17.5. The number of benzene rings is 2. The maximum atomic E-state index is 4.21. The molecule has 0 spiro atoms. The highest BCUT2D eigenvalue weighted by molar-refractivity contribution is 5.74. The SMILES string of the molecule is CC1CCC(C(C)C)C(C(C)CC(Nc2ccccc2Nc2ccccc2)C2CC(C)CCC2C(C)C)C1. The number of hydrogen-bond donors (Lipinski definition) is 2. The van der Waals surface area contributed by atoms with Crippen molar-refractivity contribution in [1.82, 2.24) is 0 Å². The van der Waals surface area contributed by atoms with Crippen LogP contribution >= 0.6 is 0 Å². The van der Waals surface area contributed by atoms with E-state index in [-0.39, 0.29) is 0 Å². The van der Waals surface area contributed by atoms with Crippen LogP contribution in [0.3, 0.4) is 0 Å². The summed E-state index contributed by atoms with van der Waals surface area (Å²) < 4.78 is 0. The smallest absolute Gasteiger partial charge is 0.0620 e. The van der Waals surface area contributed by atoms with Crippen LogP contribution in [-0.2, 0) is 0 Å². The molecule has 8 atom stereocenters.